The summed E-state index contributed by atoms with van der Waals surface area (Å²) in [4.78, 5) is 12.0. The van der Waals surface area contributed by atoms with Gasteiger partial charge < -0.3 is 15.4 Å². The first-order valence-corrected chi connectivity index (χ1v) is 7.07. The third kappa shape index (κ3) is 3.67. The van der Waals surface area contributed by atoms with Crippen LogP contribution >= 0.6 is 11.3 Å². The zero-order valence-corrected chi connectivity index (χ0v) is 12.2. The standard InChI is InChI=1S/C13H16N4O2S/c1-3-7-14-13-17-16-12(20-13)11(18)15-9-5-4-6-10(8-9)19-2/h4-6,8H,3,7H2,1-2H3,(H,14,17)(H,15,18). The molecule has 1 heterocycles. The molecule has 0 spiro atoms. The van der Waals surface area contributed by atoms with Crippen molar-refractivity contribution in [2.45, 2.75) is 13.3 Å². The Kier molecular flexibility index (Phi) is 4.89. The number of anilines is 2. The maximum Gasteiger partial charge on any atom is 0.286 e. The van der Waals surface area contributed by atoms with E-state index in [1.165, 1.54) is 11.3 Å². The van der Waals surface area contributed by atoms with Gasteiger partial charge in [-0.2, -0.15) is 0 Å². The second kappa shape index (κ2) is 6.85. The molecule has 20 heavy (non-hydrogen) atoms. The molecule has 2 aromatic rings. The van der Waals surface area contributed by atoms with Crippen molar-refractivity contribution >= 4 is 28.1 Å². The smallest absolute Gasteiger partial charge is 0.286 e. The van der Waals surface area contributed by atoms with Crippen molar-refractivity contribution in [2.24, 2.45) is 0 Å². The van der Waals surface area contributed by atoms with Gasteiger partial charge in [-0.15, -0.1) is 10.2 Å². The van der Waals surface area contributed by atoms with Gasteiger partial charge in [-0.25, -0.2) is 0 Å². The number of amides is 1. The van der Waals surface area contributed by atoms with Gasteiger partial charge in [-0.1, -0.05) is 24.3 Å². The third-order valence-electron chi connectivity index (χ3n) is 2.47. The fraction of sp³-hybridized carbons (Fsp3) is 0.308. The maximum atomic E-state index is 12.0. The second-order valence-corrected chi connectivity index (χ2v) is 5.00. The van der Waals surface area contributed by atoms with Crippen LogP contribution in [0.4, 0.5) is 10.8 Å². The van der Waals surface area contributed by atoms with Gasteiger partial charge in [0.05, 0.1) is 7.11 Å². The zero-order chi connectivity index (χ0) is 14.4. The molecule has 7 heteroatoms. The van der Waals surface area contributed by atoms with E-state index in [-0.39, 0.29) is 5.91 Å². The minimum absolute atomic E-state index is 0.277. The van der Waals surface area contributed by atoms with Crippen LogP contribution in [0.2, 0.25) is 0 Å². The maximum absolute atomic E-state index is 12.0. The Morgan fingerprint density at radius 3 is 3.00 bits per heavy atom. The lowest BCUT2D eigenvalue weighted by Crippen LogP contribution is -2.11. The number of hydrogen-bond donors (Lipinski definition) is 2. The Morgan fingerprint density at radius 2 is 2.25 bits per heavy atom. The first kappa shape index (κ1) is 14.3. The number of carbonyl (C=O) groups excluding carboxylic acids is 1. The van der Waals surface area contributed by atoms with Gasteiger partial charge in [-0.05, 0) is 18.6 Å². The van der Waals surface area contributed by atoms with Gasteiger partial charge in [0.15, 0.2) is 0 Å². The Labute approximate surface area is 121 Å². The predicted octanol–water partition coefficient (Wildman–Crippen LogP) is 2.62. The average Bonchev–Trinajstić information content (AvgIpc) is 2.94. The van der Waals surface area contributed by atoms with Crippen molar-refractivity contribution < 1.29 is 9.53 Å². The fourth-order valence-corrected chi connectivity index (χ4v) is 2.17. The number of benzene rings is 1. The molecule has 106 valence electrons. The van der Waals surface area contributed by atoms with E-state index in [1.807, 2.05) is 12.1 Å². The highest BCUT2D eigenvalue weighted by molar-refractivity contribution is 7.17. The lowest BCUT2D eigenvalue weighted by Gasteiger charge is -2.04. The van der Waals surface area contributed by atoms with E-state index in [4.69, 9.17) is 4.74 Å². The Balaban J connectivity index is 2.02. The van der Waals surface area contributed by atoms with Crippen molar-refractivity contribution in [1.82, 2.24) is 10.2 Å². The number of ether oxygens (including phenoxy) is 1. The Morgan fingerprint density at radius 1 is 1.40 bits per heavy atom. The Bertz CT molecular complexity index is 585. The molecule has 6 nitrogen and oxygen atoms in total. The van der Waals surface area contributed by atoms with Crippen LogP contribution in [0.1, 0.15) is 23.1 Å². The number of aromatic nitrogens is 2. The van der Waals surface area contributed by atoms with E-state index in [2.05, 4.69) is 27.8 Å². The third-order valence-corrected chi connectivity index (χ3v) is 3.35. The summed E-state index contributed by atoms with van der Waals surface area (Å²) in [5.74, 6) is 0.408. The molecule has 0 bridgehead atoms. The molecule has 0 saturated carbocycles. The van der Waals surface area contributed by atoms with Crippen molar-refractivity contribution in [3.63, 3.8) is 0 Å². The van der Waals surface area contributed by atoms with Crippen LogP contribution < -0.4 is 15.4 Å². The van der Waals surface area contributed by atoms with Crippen molar-refractivity contribution in [2.75, 3.05) is 24.3 Å². The van der Waals surface area contributed by atoms with Crippen molar-refractivity contribution in [1.29, 1.82) is 0 Å². The van der Waals surface area contributed by atoms with Crippen LogP contribution in [0.15, 0.2) is 24.3 Å². The Hall–Kier alpha value is -2.15. The summed E-state index contributed by atoms with van der Waals surface area (Å²) >= 11 is 1.23. The lowest BCUT2D eigenvalue weighted by molar-refractivity contribution is 0.102. The van der Waals surface area contributed by atoms with Crippen LogP contribution in [0, 0.1) is 0 Å². The van der Waals surface area contributed by atoms with E-state index < -0.39 is 0 Å². The summed E-state index contributed by atoms with van der Waals surface area (Å²) in [5.41, 5.74) is 0.660. The van der Waals surface area contributed by atoms with Crippen LogP contribution in [0.3, 0.4) is 0 Å². The second-order valence-electron chi connectivity index (χ2n) is 4.03. The molecular formula is C13H16N4O2S. The van der Waals surface area contributed by atoms with Gasteiger partial charge in [0.25, 0.3) is 5.91 Å². The highest BCUT2D eigenvalue weighted by atomic mass is 32.1. The van der Waals surface area contributed by atoms with E-state index in [0.717, 1.165) is 13.0 Å². The number of carbonyl (C=O) groups is 1. The SMILES string of the molecule is CCCNc1nnc(C(=O)Nc2cccc(OC)c2)s1. The molecule has 0 atom stereocenters. The number of nitrogens with one attached hydrogen (secondary N) is 2. The zero-order valence-electron chi connectivity index (χ0n) is 11.3. The molecule has 1 amide bonds. The predicted molar refractivity (Wildman–Crippen MR) is 79.6 cm³/mol. The molecule has 0 fully saturated rings. The first-order chi connectivity index (χ1) is 9.72. The average molecular weight is 292 g/mol. The largest absolute Gasteiger partial charge is 0.497 e. The number of methoxy groups -OCH3 is 1. The van der Waals surface area contributed by atoms with Crippen molar-refractivity contribution in [3.8, 4) is 5.75 Å². The number of nitrogens with zero attached hydrogens (tertiary/aromatic N) is 2. The first-order valence-electron chi connectivity index (χ1n) is 6.25. The summed E-state index contributed by atoms with van der Waals surface area (Å²) in [6, 6.07) is 7.16. The molecule has 2 rings (SSSR count). The van der Waals surface area contributed by atoms with Gasteiger partial charge >= 0.3 is 0 Å². The topological polar surface area (TPSA) is 76.1 Å². The number of hydrogen-bond acceptors (Lipinski definition) is 6. The van der Waals surface area contributed by atoms with Gasteiger partial charge in [0.2, 0.25) is 10.1 Å². The molecule has 0 radical (unpaired) electrons. The van der Waals surface area contributed by atoms with Crippen LogP contribution in [0.5, 0.6) is 5.75 Å². The fourth-order valence-electron chi connectivity index (χ4n) is 1.50. The van der Waals surface area contributed by atoms with Gasteiger partial charge in [0, 0.05) is 18.3 Å². The van der Waals surface area contributed by atoms with Crippen LogP contribution in [-0.4, -0.2) is 29.8 Å². The van der Waals surface area contributed by atoms with E-state index in [0.29, 0.717) is 21.6 Å². The monoisotopic (exact) mass is 292 g/mol. The van der Waals surface area contributed by atoms with E-state index in [9.17, 15) is 4.79 Å². The number of rotatable bonds is 6. The molecule has 0 aliphatic rings. The normalized spacial score (nSPS) is 10.1. The highest BCUT2D eigenvalue weighted by Gasteiger charge is 2.13. The molecule has 1 aromatic carbocycles. The lowest BCUT2D eigenvalue weighted by atomic mass is 10.3. The van der Waals surface area contributed by atoms with Crippen LogP contribution in [0.25, 0.3) is 0 Å². The summed E-state index contributed by atoms with van der Waals surface area (Å²) < 4.78 is 5.10. The van der Waals surface area contributed by atoms with Crippen LogP contribution in [-0.2, 0) is 0 Å². The molecule has 0 unspecified atom stereocenters. The minimum atomic E-state index is -0.277. The van der Waals surface area contributed by atoms with Crippen molar-refractivity contribution in [3.05, 3.63) is 29.3 Å². The highest BCUT2D eigenvalue weighted by Crippen LogP contribution is 2.19. The molecular weight excluding hydrogens is 276 g/mol. The molecule has 2 N–H and O–H groups in total. The molecule has 0 aliphatic heterocycles. The van der Waals surface area contributed by atoms with Gasteiger partial charge in [-0.3, -0.25) is 4.79 Å². The van der Waals surface area contributed by atoms with E-state index >= 15 is 0 Å². The quantitative estimate of drug-likeness (QED) is 0.856. The van der Waals surface area contributed by atoms with Gasteiger partial charge in [0.1, 0.15) is 5.75 Å². The molecule has 0 aliphatic carbocycles. The summed E-state index contributed by atoms with van der Waals surface area (Å²) in [6.07, 6.45) is 0.991. The molecule has 1 aromatic heterocycles. The minimum Gasteiger partial charge on any atom is -0.497 e. The summed E-state index contributed by atoms with van der Waals surface area (Å²) in [7, 11) is 1.58. The van der Waals surface area contributed by atoms with E-state index in [1.54, 1.807) is 19.2 Å². The summed E-state index contributed by atoms with van der Waals surface area (Å²) in [5, 5.41) is 14.6. The summed E-state index contributed by atoms with van der Waals surface area (Å²) in [6.45, 7) is 2.87. The molecule has 0 saturated heterocycles.